The lowest BCUT2D eigenvalue weighted by molar-refractivity contribution is 0.00210. The first-order chi connectivity index (χ1) is 6.77. The van der Waals surface area contributed by atoms with Gasteiger partial charge in [0, 0.05) is 12.6 Å². The molecule has 0 aromatic carbocycles. The molecule has 1 saturated heterocycles. The highest BCUT2D eigenvalue weighted by Gasteiger charge is 2.21. The van der Waals surface area contributed by atoms with Gasteiger partial charge in [-0.1, -0.05) is 20.3 Å². The van der Waals surface area contributed by atoms with Crippen LogP contribution in [0.3, 0.4) is 0 Å². The van der Waals surface area contributed by atoms with Crippen LogP contribution in [0.1, 0.15) is 46.0 Å². The molecular weight excluding hydrogens is 174 g/mol. The van der Waals surface area contributed by atoms with Crippen LogP contribution in [0.25, 0.3) is 0 Å². The third-order valence-corrected chi connectivity index (χ3v) is 3.49. The molecule has 2 nitrogen and oxygen atoms in total. The molecule has 84 valence electrons. The third-order valence-electron chi connectivity index (χ3n) is 3.49. The van der Waals surface area contributed by atoms with E-state index in [0.717, 1.165) is 12.5 Å². The summed E-state index contributed by atoms with van der Waals surface area (Å²) < 4.78 is 5.76. The van der Waals surface area contributed by atoms with Crippen LogP contribution in [0.15, 0.2) is 0 Å². The van der Waals surface area contributed by atoms with Gasteiger partial charge in [-0.25, -0.2) is 0 Å². The number of hydrogen-bond donors (Lipinski definition) is 1. The molecule has 0 aromatic rings. The van der Waals surface area contributed by atoms with Gasteiger partial charge in [-0.05, 0) is 38.6 Å². The maximum Gasteiger partial charge on any atom is 0.0590 e. The van der Waals surface area contributed by atoms with Crippen molar-refractivity contribution in [2.24, 2.45) is 5.92 Å². The SMILES string of the molecule is CCC(C)C(CC1CCCCO1)NC. The molecule has 14 heavy (non-hydrogen) atoms. The van der Waals surface area contributed by atoms with E-state index in [2.05, 4.69) is 26.2 Å². The predicted octanol–water partition coefficient (Wildman–Crippen LogP) is 2.58. The molecule has 0 spiro atoms. The zero-order valence-corrected chi connectivity index (χ0v) is 9.88. The monoisotopic (exact) mass is 199 g/mol. The number of nitrogens with one attached hydrogen (secondary N) is 1. The maximum atomic E-state index is 5.76. The average Bonchev–Trinajstić information content (AvgIpc) is 2.26. The molecule has 1 rings (SSSR count). The van der Waals surface area contributed by atoms with E-state index < -0.39 is 0 Å². The largest absolute Gasteiger partial charge is 0.378 e. The van der Waals surface area contributed by atoms with Gasteiger partial charge >= 0.3 is 0 Å². The molecule has 0 aliphatic carbocycles. The predicted molar refractivity (Wildman–Crippen MR) is 60.5 cm³/mol. The second-order valence-electron chi connectivity index (χ2n) is 4.50. The van der Waals surface area contributed by atoms with Crippen molar-refractivity contribution in [2.45, 2.75) is 58.1 Å². The first-order valence-corrected chi connectivity index (χ1v) is 6.06. The second kappa shape index (κ2) is 6.41. The van der Waals surface area contributed by atoms with E-state index in [1.165, 1.54) is 32.1 Å². The van der Waals surface area contributed by atoms with Crippen molar-refractivity contribution in [3.63, 3.8) is 0 Å². The van der Waals surface area contributed by atoms with E-state index in [-0.39, 0.29) is 0 Å². The minimum atomic E-state index is 0.509. The van der Waals surface area contributed by atoms with Crippen LogP contribution in [0.2, 0.25) is 0 Å². The molecule has 0 amide bonds. The summed E-state index contributed by atoms with van der Waals surface area (Å²) in [7, 11) is 2.07. The van der Waals surface area contributed by atoms with Crippen LogP contribution in [-0.4, -0.2) is 25.8 Å². The van der Waals surface area contributed by atoms with E-state index in [1.807, 2.05) is 0 Å². The van der Waals surface area contributed by atoms with Crippen LogP contribution < -0.4 is 5.32 Å². The van der Waals surface area contributed by atoms with Crippen molar-refractivity contribution in [3.05, 3.63) is 0 Å². The lowest BCUT2D eigenvalue weighted by atomic mass is 9.92. The lowest BCUT2D eigenvalue weighted by Crippen LogP contribution is -2.37. The molecule has 0 bridgehead atoms. The van der Waals surface area contributed by atoms with Gasteiger partial charge in [0.1, 0.15) is 0 Å². The summed E-state index contributed by atoms with van der Waals surface area (Å²) in [6.45, 7) is 5.56. The van der Waals surface area contributed by atoms with Crippen molar-refractivity contribution in [1.29, 1.82) is 0 Å². The van der Waals surface area contributed by atoms with Gasteiger partial charge in [-0.2, -0.15) is 0 Å². The molecule has 1 heterocycles. The van der Waals surface area contributed by atoms with Crippen LogP contribution in [0.5, 0.6) is 0 Å². The Morgan fingerprint density at radius 3 is 2.71 bits per heavy atom. The smallest absolute Gasteiger partial charge is 0.0590 e. The number of rotatable bonds is 5. The highest BCUT2D eigenvalue weighted by atomic mass is 16.5. The Morgan fingerprint density at radius 2 is 2.21 bits per heavy atom. The Kier molecular flexibility index (Phi) is 5.49. The van der Waals surface area contributed by atoms with Gasteiger partial charge in [0.25, 0.3) is 0 Å². The number of hydrogen-bond acceptors (Lipinski definition) is 2. The highest BCUT2D eigenvalue weighted by molar-refractivity contribution is 4.76. The maximum absolute atomic E-state index is 5.76. The topological polar surface area (TPSA) is 21.3 Å². The fourth-order valence-corrected chi connectivity index (χ4v) is 2.20. The van der Waals surface area contributed by atoms with E-state index in [0.29, 0.717) is 12.1 Å². The van der Waals surface area contributed by atoms with Crippen LogP contribution in [-0.2, 0) is 4.74 Å². The Hall–Kier alpha value is -0.0800. The summed E-state index contributed by atoms with van der Waals surface area (Å²) in [5.74, 6) is 0.755. The summed E-state index contributed by atoms with van der Waals surface area (Å²) in [6.07, 6.45) is 6.81. The molecule has 1 aliphatic heterocycles. The summed E-state index contributed by atoms with van der Waals surface area (Å²) in [6, 6.07) is 0.628. The molecule has 1 fully saturated rings. The molecule has 2 heteroatoms. The van der Waals surface area contributed by atoms with Gasteiger partial charge in [0.2, 0.25) is 0 Å². The van der Waals surface area contributed by atoms with Crippen molar-refractivity contribution in [1.82, 2.24) is 5.32 Å². The van der Waals surface area contributed by atoms with Crippen molar-refractivity contribution >= 4 is 0 Å². The molecule has 1 aliphatic rings. The summed E-state index contributed by atoms with van der Waals surface area (Å²) in [4.78, 5) is 0. The van der Waals surface area contributed by atoms with Gasteiger partial charge in [-0.3, -0.25) is 0 Å². The zero-order chi connectivity index (χ0) is 10.4. The van der Waals surface area contributed by atoms with Crippen molar-refractivity contribution in [3.8, 4) is 0 Å². The molecule has 0 aromatic heterocycles. The fraction of sp³-hybridized carbons (Fsp3) is 1.00. The molecule has 1 N–H and O–H groups in total. The first kappa shape index (κ1) is 12.0. The fourth-order valence-electron chi connectivity index (χ4n) is 2.20. The van der Waals surface area contributed by atoms with Gasteiger partial charge < -0.3 is 10.1 Å². The minimum Gasteiger partial charge on any atom is -0.378 e. The molecule has 3 unspecified atom stereocenters. The molecule has 0 saturated carbocycles. The highest BCUT2D eigenvalue weighted by Crippen LogP contribution is 2.20. The Labute approximate surface area is 88.4 Å². The zero-order valence-electron chi connectivity index (χ0n) is 9.88. The summed E-state index contributed by atoms with van der Waals surface area (Å²) in [5, 5.41) is 3.42. The van der Waals surface area contributed by atoms with Crippen LogP contribution in [0, 0.1) is 5.92 Å². The van der Waals surface area contributed by atoms with E-state index >= 15 is 0 Å². The average molecular weight is 199 g/mol. The molecule has 3 atom stereocenters. The first-order valence-electron chi connectivity index (χ1n) is 6.06. The standard InChI is InChI=1S/C12H25NO/c1-4-10(2)12(13-3)9-11-7-5-6-8-14-11/h10-13H,4-9H2,1-3H3. The Morgan fingerprint density at radius 1 is 1.43 bits per heavy atom. The minimum absolute atomic E-state index is 0.509. The second-order valence-corrected chi connectivity index (χ2v) is 4.50. The van der Waals surface area contributed by atoms with E-state index in [9.17, 15) is 0 Å². The Balaban J connectivity index is 2.30. The van der Waals surface area contributed by atoms with Crippen LogP contribution >= 0.6 is 0 Å². The third kappa shape index (κ3) is 3.58. The Bertz CT molecular complexity index is 143. The van der Waals surface area contributed by atoms with E-state index in [1.54, 1.807) is 0 Å². The summed E-state index contributed by atoms with van der Waals surface area (Å²) in [5.41, 5.74) is 0. The van der Waals surface area contributed by atoms with Gasteiger partial charge in [-0.15, -0.1) is 0 Å². The van der Waals surface area contributed by atoms with Gasteiger partial charge in [0.15, 0.2) is 0 Å². The number of ether oxygens (including phenoxy) is 1. The quantitative estimate of drug-likeness (QED) is 0.735. The lowest BCUT2D eigenvalue weighted by Gasteiger charge is -2.29. The summed E-state index contributed by atoms with van der Waals surface area (Å²) >= 11 is 0. The van der Waals surface area contributed by atoms with Crippen LogP contribution in [0.4, 0.5) is 0 Å². The molecular formula is C12H25NO. The van der Waals surface area contributed by atoms with Gasteiger partial charge in [0.05, 0.1) is 6.10 Å². The van der Waals surface area contributed by atoms with Crippen molar-refractivity contribution in [2.75, 3.05) is 13.7 Å². The van der Waals surface area contributed by atoms with E-state index in [4.69, 9.17) is 4.74 Å². The molecule has 0 radical (unpaired) electrons. The normalized spacial score (nSPS) is 27.2. The van der Waals surface area contributed by atoms with Crippen molar-refractivity contribution < 1.29 is 4.74 Å².